The summed E-state index contributed by atoms with van der Waals surface area (Å²) in [4.78, 5) is 13.4. The van der Waals surface area contributed by atoms with Crippen molar-refractivity contribution in [2.45, 2.75) is 80.6 Å². The maximum absolute atomic E-state index is 13.4. The standard InChI is InChI=1S/C27H36O/c1-16-10-17(2)12-19(11-16)24-18(3)23(27(7,8)9)14-22-21(24)13-20(25(22)28)15-26(4,5)6/h10-12,14,20H,13,15H2,1-9H3. The summed E-state index contributed by atoms with van der Waals surface area (Å²) >= 11 is 0. The van der Waals surface area contributed by atoms with Crippen LogP contribution in [0.5, 0.6) is 0 Å². The molecule has 1 unspecified atom stereocenters. The summed E-state index contributed by atoms with van der Waals surface area (Å²) < 4.78 is 0. The number of fused-ring (bicyclic) bond motifs is 1. The van der Waals surface area contributed by atoms with E-state index >= 15 is 0 Å². The van der Waals surface area contributed by atoms with E-state index in [1.165, 1.54) is 38.9 Å². The van der Waals surface area contributed by atoms with Gasteiger partial charge in [0, 0.05) is 11.5 Å². The molecule has 3 rings (SSSR count). The molecule has 0 spiro atoms. The van der Waals surface area contributed by atoms with E-state index in [1.54, 1.807) is 0 Å². The van der Waals surface area contributed by atoms with Gasteiger partial charge in [-0.15, -0.1) is 0 Å². The number of benzene rings is 2. The van der Waals surface area contributed by atoms with E-state index in [0.29, 0.717) is 5.78 Å². The highest BCUT2D eigenvalue weighted by atomic mass is 16.1. The van der Waals surface area contributed by atoms with Gasteiger partial charge in [-0.3, -0.25) is 4.79 Å². The zero-order valence-electron chi connectivity index (χ0n) is 19.2. The van der Waals surface area contributed by atoms with Crippen LogP contribution >= 0.6 is 0 Å². The Bertz CT molecular complexity index is 912. The summed E-state index contributed by atoms with van der Waals surface area (Å²) in [5.74, 6) is 0.454. The zero-order chi connectivity index (χ0) is 21.0. The van der Waals surface area contributed by atoms with E-state index in [9.17, 15) is 4.79 Å². The lowest BCUT2D eigenvalue weighted by Gasteiger charge is -2.26. The third kappa shape index (κ3) is 3.95. The van der Waals surface area contributed by atoms with Crippen molar-refractivity contribution >= 4 is 5.78 Å². The molecule has 0 amide bonds. The highest BCUT2D eigenvalue weighted by Crippen LogP contribution is 2.44. The van der Waals surface area contributed by atoms with Crippen molar-refractivity contribution in [2.75, 3.05) is 0 Å². The minimum atomic E-state index is 0.00905. The lowest BCUT2D eigenvalue weighted by atomic mass is 9.78. The van der Waals surface area contributed by atoms with Gasteiger partial charge in [0.15, 0.2) is 5.78 Å². The predicted octanol–water partition coefficient (Wildman–Crippen LogP) is 7.37. The number of aryl methyl sites for hydroxylation is 2. The summed E-state index contributed by atoms with van der Waals surface area (Å²) in [5.41, 5.74) is 10.2. The van der Waals surface area contributed by atoms with Gasteiger partial charge in [-0.2, -0.15) is 0 Å². The van der Waals surface area contributed by atoms with Gasteiger partial charge in [0.2, 0.25) is 0 Å². The van der Waals surface area contributed by atoms with Gasteiger partial charge in [-0.05, 0) is 78.3 Å². The van der Waals surface area contributed by atoms with Crippen LogP contribution in [-0.2, 0) is 11.8 Å². The second-order valence-electron chi connectivity index (χ2n) is 11.1. The normalized spacial score (nSPS) is 17.2. The lowest BCUT2D eigenvalue weighted by molar-refractivity contribution is 0.0903. The first-order valence-electron chi connectivity index (χ1n) is 10.6. The second-order valence-corrected chi connectivity index (χ2v) is 11.1. The van der Waals surface area contributed by atoms with Crippen LogP contribution in [0.3, 0.4) is 0 Å². The van der Waals surface area contributed by atoms with Gasteiger partial charge in [-0.1, -0.05) is 70.9 Å². The van der Waals surface area contributed by atoms with Crippen LogP contribution in [0.25, 0.3) is 11.1 Å². The van der Waals surface area contributed by atoms with E-state index in [2.05, 4.69) is 86.6 Å². The van der Waals surface area contributed by atoms with Crippen LogP contribution in [0.2, 0.25) is 0 Å². The van der Waals surface area contributed by atoms with Crippen molar-refractivity contribution < 1.29 is 4.79 Å². The molecule has 0 heterocycles. The number of ketones is 1. The number of Topliss-reactive ketones (excluding diaryl/α,β-unsaturated/α-hetero) is 1. The third-order valence-corrected chi connectivity index (χ3v) is 5.96. The number of carbonyl (C=O) groups is 1. The lowest BCUT2D eigenvalue weighted by Crippen LogP contribution is -2.18. The van der Waals surface area contributed by atoms with Gasteiger partial charge >= 0.3 is 0 Å². The Morgan fingerprint density at radius 1 is 0.893 bits per heavy atom. The summed E-state index contributed by atoms with van der Waals surface area (Å²) in [6.45, 7) is 20.0. The second kappa shape index (κ2) is 6.87. The Hall–Kier alpha value is -1.89. The number of carbonyl (C=O) groups excluding carboxylic acids is 1. The highest BCUT2D eigenvalue weighted by Gasteiger charge is 2.37. The molecule has 1 nitrogen and oxygen atoms in total. The molecule has 0 saturated carbocycles. The fourth-order valence-electron chi connectivity index (χ4n) is 5.02. The number of hydrogen-bond donors (Lipinski definition) is 0. The Balaban J connectivity index is 2.27. The molecule has 2 aromatic carbocycles. The van der Waals surface area contributed by atoms with Crippen LogP contribution in [0.15, 0.2) is 24.3 Å². The Morgan fingerprint density at radius 2 is 1.46 bits per heavy atom. The van der Waals surface area contributed by atoms with E-state index in [0.717, 1.165) is 18.4 Å². The minimum absolute atomic E-state index is 0.00905. The number of rotatable bonds is 2. The Kier molecular flexibility index (Phi) is 5.11. The van der Waals surface area contributed by atoms with Crippen LogP contribution in [0.4, 0.5) is 0 Å². The van der Waals surface area contributed by atoms with Crippen molar-refractivity contribution in [2.24, 2.45) is 11.3 Å². The first kappa shape index (κ1) is 20.8. The van der Waals surface area contributed by atoms with Gasteiger partial charge in [0.25, 0.3) is 0 Å². The first-order valence-corrected chi connectivity index (χ1v) is 10.6. The maximum atomic E-state index is 13.4. The van der Waals surface area contributed by atoms with Crippen molar-refractivity contribution in [3.63, 3.8) is 0 Å². The molecule has 2 aromatic rings. The van der Waals surface area contributed by atoms with Crippen LogP contribution in [0.1, 0.15) is 86.1 Å². The summed E-state index contributed by atoms with van der Waals surface area (Å²) in [5, 5.41) is 0. The minimum Gasteiger partial charge on any atom is -0.294 e. The van der Waals surface area contributed by atoms with Gasteiger partial charge < -0.3 is 0 Å². The summed E-state index contributed by atoms with van der Waals surface area (Å²) in [7, 11) is 0. The maximum Gasteiger partial charge on any atom is 0.166 e. The molecule has 0 aliphatic heterocycles. The van der Waals surface area contributed by atoms with E-state index in [4.69, 9.17) is 0 Å². The SMILES string of the molecule is Cc1cc(C)cc(-c2c(C)c(C(C)(C)C)cc3c2CC(CC(C)(C)C)C3=O)c1. The molecule has 0 aromatic heterocycles. The molecule has 0 bridgehead atoms. The fourth-order valence-corrected chi connectivity index (χ4v) is 5.02. The monoisotopic (exact) mass is 376 g/mol. The Labute approximate surface area is 171 Å². The molecular weight excluding hydrogens is 340 g/mol. The van der Waals surface area contributed by atoms with Crippen molar-refractivity contribution in [3.05, 3.63) is 57.6 Å². The molecule has 1 atom stereocenters. The molecule has 0 radical (unpaired) electrons. The van der Waals surface area contributed by atoms with Crippen molar-refractivity contribution in [3.8, 4) is 11.1 Å². The molecule has 150 valence electrons. The first-order chi connectivity index (χ1) is 12.8. The summed E-state index contributed by atoms with van der Waals surface area (Å²) in [6, 6.07) is 9.00. The average Bonchev–Trinajstić information content (AvgIpc) is 2.78. The van der Waals surface area contributed by atoms with Gasteiger partial charge in [0.1, 0.15) is 0 Å². The molecule has 1 aliphatic carbocycles. The number of hydrogen-bond acceptors (Lipinski definition) is 1. The van der Waals surface area contributed by atoms with Crippen LogP contribution in [-0.4, -0.2) is 5.78 Å². The third-order valence-electron chi connectivity index (χ3n) is 5.96. The molecule has 28 heavy (non-hydrogen) atoms. The van der Waals surface area contributed by atoms with Crippen molar-refractivity contribution in [1.82, 2.24) is 0 Å². The topological polar surface area (TPSA) is 17.1 Å². The fraction of sp³-hybridized carbons (Fsp3) is 0.519. The van der Waals surface area contributed by atoms with Crippen molar-refractivity contribution in [1.29, 1.82) is 0 Å². The van der Waals surface area contributed by atoms with Gasteiger partial charge in [0.05, 0.1) is 0 Å². The van der Waals surface area contributed by atoms with E-state index in [1.807, 2.05) is 0 Å². The van der Waals surface area contributed by atoms with Crippen LogP contribution < -0.4 is 0 Å². The van der Waals surface area contributed by atoms with E-state index < -0.39 is 0 Å². The van der Waals surface area contributed by atoms with E-state index in [-0.39, 0.29) is 16.7 Å². The quantitative estimate of drug-likeness (QED) is 0.535. The molecule has 1 heteroatoms. The highest BCUT2D eigenvalue weighted by molar-refractivity contribution is 6.05. The molecule has 0 fully saturated rings. The zero-order valence-corrected chi connectivity index (χ0v) is 19.2. The van der Waals surface area contributed by atoms with Crippen LogP contribution in [0, 0.1) is 32.1 Å². The Morgan fingerprint density at radius 3 is 1.96 bits per heavy atom. The predicted molar refractivity (Wildman–Crippen MR) is 120 cm³/mol. The molecule has 0 N–H and O–H groups in total. The molecule has 0 saturated heterocycles. The van der Waals surface area contributed by atoms with Gasteiger partial charge in [-0.25, -0.2) is 0 Å². The molecular formula is C27H36O. The smallest absolute Gasteiger partial charge is 0.166 e. The largest absolute Gasteiger partial charge is 0.294 e. The average molecular weight is 377 g/mol. The summed E-state index contributed by atoms with van der Waals surface area (Å²) in [6.07, 6.45) is 1.82. The molecule has 1 aliphatic rings.